The fourth-order valence-electron chi connectivity index (χ4n) is 5.49. The number of carbonyl (C=O) groups excluding carboxylic acids is 1. The summed E-state index contributed by atoms with van der Waals surface area (Å²) >= 11 is 0. The number of anilines is 3. The van der Waals surface area contributed by atoms with Crippen molar-refractivity contribution in [2.24, 2.45) is 0 Å². The van der Waals surface area contributed by atoms with Gasteiger partial charge in [-0.2, -0.15) is 5.10 Å². The molecule has 1 amide bonds. The van der Waals surface area contributed by atoms with Crippen LogP contribution in [0.15, 0.2) is 18.2 Å². The Morgan fingerprint density at radius 1 is 1.21 bits per heavy atom. The maximum Gasteiger partial charge on any atom is 0.409 e. The molecule has 3 aliphatic heterocycles. The molecule has 4 heterocycles. The molecule has 1 aromatic heterocycles. The molecule has 8 nitrogen and oxygen atoms in total. The van der Waals surface area contributed by atoms with Crippen molar-refractivity contribution in [3.8, 4) is 0 Å². The number of likely N-dealkylation sites (N-methyl/N-ethyl adjacent to an activating group) is 1. The molecule has 0 saturated carbocycles. The minimum atomic E-state index is -0.271. The molecule has 184 valence electrons. The standard InChI is InChI=1S/C26H37N5O3/c1-5-18(2)19-6-7-23-24(16-19)28(3)12-13-30(23)25-21-17-29(26(32)33-4)11-8-22(21)31(27-25)20-9-14-34-15-10-20/h6-7,16,18,20H,5,8-15,17H2,1-4H3. The van der Waals surface area contributed by atoms with Gasteiger partial charge in [-0.25, -0.2) is 4.79 Å². The summed E-state index contributed by atoms with van der Waals surface area (Å²) in [7, 11) is 3.63. The number of carbonyl (C=O) groups is 1. The van der Waals surface area contributed by atoms with E-state index < -0.39 is 0 Å². The normalized spacial score (nSPS) is 19.6. The highest BCUT2D eigenvalue weighted by Crippen LogP contribution is 2.42. The molecule has 0 aliphatic carbocycles. The lowest BCUT2D eigenvalue weighted by Gasteiger charge is -2.37. The third-order valence-electron chi connectivity index (χ3n) is 7.83. The van der Waals surface area contributed by atoms with E-state index >= 15 is 0 Å². The van der Waals surface area contributed by atoms with Crippen LogP contribution in [0, 0.1) is 0 Å². The van der Waals surface area contributed by atoms with Gasteiger partial charge in [-0.05, 0) is 42.9 Å². The van der Waals surface area contributed by atoms with Crippen LogP contribution in [0.5, 0.6) is 0 Å². The molecule has 1 aromatic carbocycles. The van der Waals surface area contributed by atoms with Crippen molar-refractivity contribution in [2.45, 2.75) is 58.0 Å². The van der Waals surface area contributed by atoms with Crippen molar-refractivity contribution < 1.29 is 14.3 Å². The molecule has 2 aromatic rings. The van der Waals surface area contributed by atoms with Crippen molar-refractivity contribution >= 4 is 23.3 Å². The predicted molar refractivity (Wildman–Crippen MR) is 133 cm³/mol. The lowest BCUT2D eigenvalue weighted by atomic mass is 9.96. The number of rotatable bonds is 4. The zero-order chi connectivity index (χ0) is 23.8. The molecule has 0 bridgehead atoms. The number of hydrogen-bond donors (Lipinski definition) is 0. The smallest absolute Gasteiger partial charge is 0.409 e. The first-order chi connectivity index (χ1) is 16.5. The van der Waals surface area contributed by atoms with Gasteiger partial charge in [0.2, 0.25) is 0 Å². The predicted octanol–water partition coefficient (Wildman–Crippen LogP) is 4.46. The van der Waals surface area contributed by atoms with E-state index in [0.717, 1.165) is 63.4 Å². The van der Waals surface area contributed by atoms with Crippen LogP contribution in [0.4, 0.5) is 22.0 Å². The van der Waals surface area contributed by atoms with E-state index in [-0.39, 0.29) is 6.09 Å². The van der Waals surface area contributed by atoms with Gasteiger partial charge in [0.15, 0.2) is 5.82 Å². The van der Waals surface area contributed by atoms with E-state index in [4.69, 9.17) is 14.6 Å². The van der Waals surface area contributed by atoms with E-state index in [0.29, 0.717) is 25.0 Å². The van der Waals surface area contributed by atoms with Gasteiger partial charge in [-0.15, -0.1) is 0 Å². The molecule has 1 atom stereocenters. The summed E-state index contributed by atoms with van der Waals surface area (Å²) in [6, 6.07) is 7.22. The first-order valence-corrected chi connectivity index (χ1v) is 12.6. The van der Waals surface area contributed by atoms with E-state index in [1.165, 1.54) is 29.7 Å². The summed E-state index contributed by atoms with van der Waals surface area (Å²) in [5.74, 6) is 1.52. The average molecular weight is 468 g/mol. The Balaban J connectivity index is 1.58. The van der Waals surface area contributed by atoms with Gasteiger partial charge in [0.25, 0.3) is 0 Å². The number of aromatic nitrogens is 2. The van der Waals surface area contributed by atoms with Crippen LogP contribution in [0.2, 0.25) is 0 Å². The third kappa shape index (κ3) is 4.02. The Labute approximate surface area is 202 Å². The van der Waals surface area contributed by atoms with Crippen molar-refractivity contribution in [1.29, 1.82) is 0 Å². The van der Waals surface area contributed by atoms with Crippen molar-refractivity contribution in [2.75, 3.05) is 56.8 Å². The van der Waals surface area contributed by atoms with Crippen molar-refractivity contribution in [1.82, 2.24) is 14.7 Å². The van der Waals surface area contributed by atoms with Gasteiger partial charge in [-0.3, -0.25) is 4.68 Å². The van der Waals surface area contributed by atoms with Crippen LogP contribution in [0.1, 0.15) is 61.9 Å². The van der Waals surface area contributed by atoms with Crippen LogP contribution in [-0.2, 0) is 22.4 Å². The Morgan fingerprint density at radius 2 is 2.00 bits per heavy atom. The second-order valence-electron chi connectivity index (χ2n) is 9.81. The number of methoxy groups -OCH3 is 1. The molecule has 1 unspecified atom stereocenters. The summed E-state index contributed by atoms with van der Waals surface area (Å²) in [5.41, 5.74) is 6.24. The van der Waals surface area contributed by atoms with Gasteiger partial charge < -0.3 is 24.2 Å². The quantitative estimate of drug-likeness (QED) is 0.662. The number of nitrogens with zero attached hydrogens (tertiary/aromatic N) is 5. The van der Waals surface area contributed by atoms with Crippen LogP contribution in [-0.4, -0.2) is 67.8 Å². The topological polar surface area (TPSA) is 63.1 Å². The first kappa shape index (κ1) is 23.0. The molecule has 34 heavy (non-hydrogen) atoms. The number of amides is 1. The lowest BCUT2D eigenvalue weighted by Crippen LogP contribution is -2.39. The highest BCUT2D eigenvalue weighted by atomic mass is 16.5. The van der Waals surface area contributed by atoms with Gasteiger partial charge in [0, 0.05) is 57.6 Å². The van der Waals surface area contributed by atoms with E-state index in [1.807, 2.05) is 0 Å². The maximum atomic E-state index is 12.4. The second kappa shape index (κ2) is 9.49. The molecule has 0 N–H and O–H groups in total. The molecule has 0 spiro atoms. The molecule has 0 radical (unpaired) electrons. The minimum absolute atomic E-state index is 0.271. The summed E-state index contributed by atoms with van der Waals surface area (Å²) in [4.78, 5) is 18.9. The maximum absolute atomic E-state index is 12.4. The highest BCUT2D eigenvalue weighted by Gasteiger charge is 2.34. The number of fused-ring (bicyclic) bond motifs is 2. The molecule has 8 heteroatoms. The van der Waals surface area contributed by atoms with Crippen molar-refractivity contribution in [3.05, 3.63) is 35.0 Å². The van der Waals surface area contributed by atoms with Crippen LogP contribution in [0.3, 0.4) is 0 Å². The zero-order valence-corrected chi connectivity index (χ0v) is 20.9. The van der Waals surface area contributed by atoms with Gasteiger partial charge >= 0.3 is 6.09 Å². The molecule has 3 aliphatic rings. The van der Waals surface area contributed by atoms with E-state index in [9.17, 15) is 4.79 Å². The number of ether oxygens (including phenoxy) is 2. The fourth-order valence-corrected chi connectivity index (χ4v) is 5.49. The molecule has 5 rings (SSSR count). The average Bonchev–Trinajstić information content (AvgIpc) is 3.27. The summed E-state index contributed by atoms with van der Waals surface area (Å²) in [6.45, 7) is 9.06. The van der Waals surface area contributed by atoms with Crippen molar-refractivity contribution in [3.63, 3.8) is 0 Å². The molecular weight excluding hydrogens is 430 g/mol. The van der Waals surface area contributed by atoms with Gasteiger partial charge in [0.1, 0.15) is 0 Å². The van der Waals surface area contributed by atoms with Crippen LogP contribution >= 0.6 is 0 Å². The van der Waals surface area contributed by atoms with E-state index in [1.54, 1.807) is 4.90 Å². The Kier molecular flexibility index (Phi) is 6.42. The summed E-state index contributed by atoms with van der Waals surface area (Å²) in [5, 5.41) is 5.25. The molecular formula is C26H37N5O3. The monoisotopic (exact) mass is 467 g/mol. The zero-order valence-electron chi connectivity index (χ0n) is 20.9. The SMILES string of the molecule is CCC(C)c1ccc2c(c1)N(C)CCN2c1nn(C2CCOCC2)c2c1CN(C(=O)OC)CC2. The fraction of sp³-hybridized carbons (Fsp3) is 0.615. The Bertz CT molecular complexity index is 1050. The lowest BCUT2D eigenvalue weighted by molar-refractivity contribution is 0.0649. The van der Waals surface area contributed by atoms with E-state index in [2.05, 4.69) is 53.6 Å². The summed E-state index contributed by atoms with van der Waals surface area (Å²) < 4.78 is 12.9. The molecule has 1 fully saturated rings. The van der Waals surface area contributed by atoms with Crippen LogP contribution in [0.25, 0.3) is 0 Å². The van der Waals surface area contributed by atoms with Gasteiger partial charge in [-0.1, -0.05) is 19.9 Å². The first-order valence-electron chi connectivity index (χ1n) is 12.6. The third-order valence-corrected chi connectivity index (χ3v) is 7.83. The van der Waals surface area contributed by atoms with Gasteiger partial charge in [0.05, 0.1) is 31.1 Å². The van der Waals surface area contributed by atoms with Crippen LogP contribution < -0.4 is 9.80 Å². The minimum Gasteiger partial charge on any atom is -0.453 e. The number of benzene rings is 1. The largest absolute Gasteiger partial charge is 0.453 e. The molecule has 1 saturated heterocycles. The Morgan fingerprint density at radius 3 is 2.74 bits per heavy atom. The second-order valence-corrected chi connectivity index (χ2v) is 9.81. The Hall–Kier alpha value is -2.74. The highest BCUT2D eigenvalue weighted by molar-refractivity contribution is 5.80. The number of hydrogen-bond acceptors (Lipinski definition) is 6. The summed E-state index contributed by atoms with van der Waals surface area (Å²) in [6.07, 6.45) is 3.60.